The van der Waals surface area contributed by atoms with E-state index in [-0.39, 0.29) is 0 Å². The molecule has 5 aromatic carbocycles. The van der Waals surface area contributed by atoms with E-state index in [0.29, 0.717) is 0 Å². The van der Waals surface area contributed by atoms with Gasteiger partial charge in [0.1, 0.15) is 0 Å². The molecule has 0 fully saturated rings. The van der Waals surface area contributed by atoms with Crippen molar-refractivity contribution in [2.24, 2.45) is 0 Å². The summed E-state index contributed by atoms with van der Waals surface area (Å²) >= 11 is 0. The van der Waals surface area contributed by atoms with Crippen molar-refractivity contribution in [2.45, 2.75) is 6.92 Å². The molecular weight excluding hydrogens is 466 g/mol. The molecule has 5 aromatic rings. The summed E-state index contributed by atoms with van der Waals surface area (Å²) in [5, 5.41) is 4.50. The van der Waals surface area contributed by atoms with E-state index in [1.165, 1.54) is 0 Å². The minimum atomic E-state index is -3.21. The van der Waals surface area contributed by atoms with Crippen LogP contribution in [0.3, 0.4) is 0 Å². The van der Waals surface area contributed by atoms with Crippen molar-refractivity contribution in [2.75, 3.05) is 0 Å². The molecule has 2 nitrogen and oxygen atoms in total. The van der Waals surface area contributed by atoms with Crippen LogP contribution >= 0.6 is 14.3 Å². The largest absolute Gasteiger partial charge is 0.309 e. The van der Waals surface area contributed by atoms with Gasteiger partial charge in [-0.1, -0.05) is 140 Å². The van der Waals surface area contributed by atoms with Crippen LogP contribution in [0.4, 0.5) is 0 Å². The van der Waals surface area contributed by atoms with E-state index in [4.69, 9.17) is 0 Å². The first-order chi connectivity index (χ1) is 17.1. The molecule has 0 unspecified atom stereocenters. The summed E-state index contributed by atoms with van der Waals surface area (Å²) in [6, 6.07) is 44.2. The lowest BCUT2D eigenvalue weighted by Gasteiger charge is -2.26. The zero-order valence-electron chi connectivity index (χ0n) is 19.5. The second kappa shape index (κ2) is 9.67. The second-order valence-electron chi connectivity index (χ2n) is 8.48. The highest BCUT2D eigenvalue weighted by Gasteiger charge is 2.36. The van der Waals surface area contributed by atoms with Crippen molar-refractivity contribution in [3.8, 4) is 0 Å². The van der Waals surface area contributed by atoms with Crippen LogP contribution in [0.15, 0.2) is 140 Å². The molecule has 0 aromatic heterocycles. The Morgan fingerprint density at radius 1 is 0.371 bits per heavy atom. The molecule has 0 atom stereocenters. The van der Waals surface area contributed by atoms with Crippen LogP contribution in [-0.2, 0) is 9.13 Å². The zero-order valence-corrected chi connectivity index (χ0v) is 21.3. The second-order valence-corrected chi connectivity index (χ2v) is 13.9. The van der Waals surface area contributed by atoms with Gasteiger partial charge in [0.15, 0.2) is 14.3 Å². The molecule has 172 valence electrons. The lowest BCUT2D eigenvalue weighted by molar-refractivity contribution is 0.592. The maximum Gasteiger partial charge on any atom is 0.171 e. The molecule has 0 aliphatic heterocycles. The predicted molar refractivity (Wildman–Crippen MR) is 150 cm³/mol. The van der Waals surface area contributed by atoms with Gasteiger partial charge >= 0.3 is 0 Å². The van der Waals surface area contributed by atoms with Crippen molar-refractivity contribution in [1.82, 2.24) is 0 Å². The van der Waals surface area contributed by atoms with Crippen LogP contribution in [0.5, 0.6) is 0 Å². The topological polar surface area (TPSA) is 34.1 Å². The minimum Gasteiger partial charge on any atom is -0.309 e. The first-order valence-corrected chi connectivity index (χ1v) is 15.0. The standard InChI is InChI=1S/C31H26O2P2/c1-25-30(34(32,26-15-6-2-7-16-26)27-17-8-3-9-18-27)23-14-24-31(25)35(33,28-19-10-4-11-20-28)29-21-12-5-13-22-29/h2-24H,1H3. The summed E-state index contributed by atoms with van der Waals surface area (Å²) in [4.78, 5) is 0. The molecule has 0 spiro atoms. The summed E-state index contributed by atoms with van der Waals surface area (Å²) < 4.78 is 30.2. The van der Waals surface area contributed by atoms with E-state index in [1.807, 2.05) is 146 Å². The number of rotatable bonds is 6. The third-order valence-corrected chi connectivity index (χ3v) is 12.9. The van der Waals surface area contributed by atoms with E-state index in [0.717, 1.165) is 37.4 Å². The normalized spacial score (nSPS) is 11.8. The lowest BCUT2D eigenvalue weighted by atomic mass is 10.2. The van der Waals surface area contributed by atoms with Crippen LogP contribution in [0.1, 0.15) is 5.56 Å². The Morgan fingerprint density at radius 3 is 0.886 bits per heavy atom. The minimum absolute atomic E-state index is 0.722. The molecule has 4 heteroatoms. The Bertz CT molecular complexity index is 1330. The van der Waals surface area contributed by atoms with Crippen molar-refractivity contribution in [1.29, 1.82) is 0 Å². The van der Waals surface area contributed by atoms with Crippen LogP contribution in [0.25, 0.3) is 0 Å². The summed E-state index contributed by atoms with van der Waals surface area (Å²) in [6.45, 7) is 1.96. The van der Waals surface area contributed by atoms with E-state index >= 15 is 9.13 Å². The van der Waals surface area contributed by atoms with E-state index in [1.54, 1.807) is 0 Å². The Labute approximate surface area is 207 Å². The third kappa shape index (κ3) is 4.04. The molecule has 0 saturated carbocycles. The van der Waals surface area contributed by atoms with E-state index < -0.39 is 14.3 Å². The van der Waals surface area contributed by atoms with Gasteiger partial charge in [-0.25, -0.2) is 0 Å². The molecule has 0 aliphatic carbocycles. The zero-order chi connectivity index (χ0) is 24.3. The summed E-state index contributed by atoms with van der Waals surface area (Å²) in [5.41, 5.74) is 0.805. The van der Waals surface area contributed by atoms with Gasteiger partial charge < -0.3 is 9.13 Å². The maximum absolute atomic E-state index is 15.1. The predicted octanol–water partition coefficient (Wildman–Crippen LogP) is 5.27. The van der Waals surface area contributed by atoms with Gasteiger partial charge in [0.05, 0.1) is 0 Å². The van der Waals surface area contributed by atoms with Crippen molar-refractivity contribution >= 4 is 46.1 Å². The Morgan fingerprint density at radius 2 is 0.629 bits per heavy atom. The molecule has 5 rings (SSSR count). The Kier molecular flexibility index (Phi) is 6.44. The summed E-state index contributed by atoms with van der Waals surface area (Å²) in [6.07, 6.45) is 0. The highest BCUT2D eigenvalue weighted by molar-refractivity contribution is 7.86. The molecule has 0 heterocycles. The Hall–Kier alpha value is -3.44. The monoisotopic (exact) mass is 492 g/mol. The SMILES string of the molecule is Cc1c(P(=O)(c2ccccc2)c2ccccc2)cccc1P(=O)(c1ccccc1)c1ccccc1. The van der Waals surface area contributed by atoms with Crippen molar-refractivity contribution in [3.05, 3.63) is 145 Å². The molecule has 0 saturated heterocycles. The summed E-state index contributed by atoms with van der Waals surface area (Å²) in [7, 11) is -6.43. The lowest BCUT2D eigenvalue weighted by Crippen LogP contribution is -2.33. The fraction of sp³-hybridized carbons (Fsp3) is 0.0323. The van der Waals surface area contributed by atoms with Gasteiger partial charge in [-0.05, 0) is 12.5 Å². The van der Waals surface area contributed by atoms with Gasteiger partial charge in [-0.2, -0.15) is 0 Å². The quantitative estimate of drug-likeness (QED) is 0.303. The molecule has 35 heavy (non-hydrogen) atoms. The first-order valence-electron chi connectivity index (χ1n) is 11.6. The van der Waals surface area contributed by atoms with Crippen molar-refractivity contribution in [3.63, 3.8) is 0 Å². The molecule has 0 bridgehead atoms. The third-order valence-electron chi connectivity index (χ3n) is 6.43. The molecule has 0 N–H and O–H groups in total. The number of benzene rings is 5. The van der Waals surface area contributed by atoms with Crippen molar-refractivity contribution < 1.29 is 9.13 Å². The smallest absolute Gasteiger partial charge is 0.171 e. The Balaban J connectivity index is 1.82. The fourth-order valence-electron chi connectivity index (χ4n) is 4.70. The van der Waals surface area contributed by atoms with E-state index in [9.17, 15) is 0 Å². The molecule has 0 amide bonds. The first kappa shape index (κ1) is 23.3. The maximum atomic E-state index is 15.1. The highest BCUT2D eigenvalue weighted by atomic mass is 31.2. The van der Waals surface area contributed by atoms with Gasteiger partial charge in [0.2, 0.25) is 0 Å². The fourth-order valence-corrected chi connectivity index (χ4v) is 10.6. The number of hydrogen-bond donors (Lipinski definition) is 0. The van der Waals surface area contributed by atoms with Gasteiger partial charge in [0.25, 0.3) is 0 Å². The van der Waals surface area contributed by atoms with Gasteiger partial charge in [0, 0.05) is 31.8 Å². The van der Waals surface area contributed by atoms with Crippen LogP contribution < -0.4 is 31.8 Å². The van der Waals surface area contributed by atoms with Gasteiger partial charge in [-0.3, -0.25) is 0 Å². The average molecular weight is 492 g/mol. The molecular formula is C31H26O2P2. The average Bonchev–Trinajstić information content (AvgIpc) is 2.94. The number of hydrogen-bond acceptors (Lipinski definition) is 2. The van der Waals surface area contributed by atoms with E-state index in [2.05, 4.69) is 0 Å². The van der Waals surface area contributed by atoms with Crippen LogP contribution in [-0.4, -0.2) is 0 Å². The molecule has 0 aliphatic rings. The van der Waals surface area contributed by atoms with Crippen LogP contribution in [0, 0.1) is 6.92 Å². The highest BCUT2D eigenvalue weighted by Crippen LogP contribution is 2.47. The van der Waals surface area contributed by atoms with Gasteiger partial charge in [-0.15, -0.1) is 0 Å². The van der Waals surface area contributed by atoms with Crippen LogP contribution in [0.2, 0.25) is 0 Å². The molecule has 0 radical (unpaired) electrons. The summed E-state index contributed by atoms with van der Waals surface area (Å²) in [5.74, 6) is 0.